The van der Waals surface area contributed by atoms with Gasteiger partial charge in [-0.05, 0) is 56.9 Å². The number of rotatable bonds is 6. The summed E-state index contributed by atoms with van der Waals surface area (Å²) in [6, 6.07) is 18.2. The Labute approximate surface area is 136 Å². The van der Waals surface area contributed by atoms with Gasteiger partial charge in [0.05, 0.1) is 0 Å². The summed E-state index contributed by atoms with van der Waals surface area (Å²) in [5.41, 5.74) is 4.10. The predicted molar refractivity (Wildman–Crippen MR) is 94.7 cm³/mol. The van der Waals surface area contributed by atoms with Crippen LogP contribution in [-0.2, 0) is 6.42 Å². The molecule has 0 saturated heterocycles. The van der Waals surface area contributed by atoms with Crippen LogP contribution in [0.25, 0.3) is 0 Å². The van der Waals surface area contributed by atoms with Crippen LogP contribution in [0.2, 0.25) is 0 Å². The zero-order chi connectivity index (χ0) is 15.2. The van der Waals surface area contributed by atoms with Crippen molar-refractivity contribution >= 4 is 15.9 Å². The SMILES string of the molecule is Cc1cccc(CCC(C)N[C@@H](C)c2cccc(Br)c2)c1. The molecule has 1 unspecified atom stereocenters. The van der Waals surface area contributed by atoms with Gasteiger partial charge >= 0.3 is 0 Å². The zero-order valence-electron chi connectivity index (χ0n) is 13.1. The molecule has 0 heterocycles. The molecular weight excluding hydrogens is 322 g/mol. The first kappa shape index (κ1) is 16.3. The fourth-order valence-corrected chi connectivity index (χ4v) is 3.05. The fraction of sp³-hybridized carbons (Fsp3) is 0.368. The molecule has 1 N–H and O–H groups in total. The van der Waals surface area contributed by atoms with Crippen molar-refractivity contribution in [2.24, 2.45) is 0 Å². The number of hydrogen-bond acceptors (Lipinski definition) is 1. The van der Waals surface area contributed by atoms with Gasteiger partial charge in [0.1, 0.15) is 0 Å². The summed E-state index contributed by atoms with van der Waals surface area (Å²) in [6.07, 6.45) is 2.28. The van der Waals surface area contributed by atoms with Gasteiger partial charge in [0.15, 0.2) is 0 Å². The van der Waals surface area contributed by atoms with E-state index in [1.165, 1.54) is 16.7 Å². The van der Waals surface area contributed by atoms with E-state index in [1.807, 2.05) is 0 Å². The van der Waals surface area contributed by atoms with E-state index in [0.717, 1.165) is 17.3 Å². The van der Waals surface area contributed by atoms with E-state index in [2.05, 4.69) is 90.5 Å². The highest BCUT2D eigenvalue weighted by Crippen LogP contribution is 2.19. The molecule has 0 amide bonds. The monoisotopic (exact) mass is 345 g/mol. The summed E-state index contributed by atoms with van der Waals surface area (Å²) in [6.45, 7) is 6.65. The van der Waals surface area contributed by atoms with Gasteiger partial charge < -0.3 is 5.32 Å². The Bertz CT molecular complexity index is 579. The molecule has 2 aromatic rings. The molecule has 2 rings (SSSR count). The maximum Gasteiger partial charge on any atom is 0.0294 e. The maximum absolute atomic E-state index is 3.69. The van der Waals surface area contributed by atoms with E-state index in [4.69, 9.17) is 0 Å². The Morgan fingerprint density at radius 2 is 1.81 bits per heavy atom. The average Bonchev–Trinajstić information content (AvgIpc) is 2.45. The van der Waals surface area contributed by atoms with E-state index in [9.17, 15) is 0 Å². The van der Waals surface area contributed by atoms with Crippen LogP contribution in [-0.4, -0.2) is 6.04 Å². The topological polar surface area (TPSA) is 12.0 Å². The molecule has 0 aromatic heterocycles. The minimum absolute atomic E-state index is 0.370. The highest BCUT2D eigenvalue weighted by Gasteiger charge is 2.09. The van der Waals surface area contributed by atoms with Crippen molar-refractivity contribution in [3.05, 3.63) is 69.7 Å². The van der Waals surface area contributed by atoms with Crippen LogP contribution in [0.5, 0.6) is 0 Å². The Balaban J connectivity index is 1.85. The summed E-state index contributed by atoms with van der Waals surface area (Å²) in [5.74, 6) is 0. The molecule has 0 fully saturated rings. The van der Waals surface area contributed by atoms with Crippen LogP contribution in [0.15, 0.2) is 53.0 Å². The summed E-state index contributed by atoms with van der Waals surface area (Å²) in [5, 5.41) is 3.69. The Morgan fingerprint density at radius 1 is 1.05 bits per heavy atom. The highest BCUT2D eigenvalue weighted by molar-refractivity contribution is 9.10. The summed E-state index contributed by atoms with van der Waals surface area (Å²) >= 11 is 3.54. The van der Waals surface area contributed by atoms with Crippen molar-refractivity contribution in [1.29, 1.82) is 0 Å². The molecule has 0 spiro atoms. The molecule has 0 radical (unpaired) electrons. The van der Waals surface area contributed by atoms with Crippen molar-refractivity contribution in [2.45, 2.75) is 45.7 Å². The van der Waals surface area contributed by atoms with Crippen molar-refractivity contribution in [3.63, 3.8) is 0 Å². The van der Waals surface area contributed by atoms with Gasteiger partial charge in [-0.15, -0.1) is 0 Å². The van der Waals surface area contributed by atoms with Crippen LogP contribution in [0.1, 0.15) is 43.0 Å². The molecule has 0 saturated carbocycles. The van der Waals surface area contributed by atoms with Crippen molar-refractivity contribution < 1.29 is 0 Å². The number of nitrogens with one attached hydrogen (secondary N) is 1. The third-order valence-electron chi connectivity index (χ3n) is 3.83. The zero-order valence-corrected chi connectivity index (χ0v) is 14.7. The maximum atomic E-state index is 3.69. The van der Waals surface area contributed by atoms with E-state index in [-0.39, 0.29) is 0 Å². The first-order valence-electron chi connectivity index (χ1n) is 7.61. The Hall–Kier alpha value is -1.12. The largest absolute Gasteiger partial charge is 0.308 e. The van der Waals surface area contributed by atoms with Crippen LogP contribution in [0.3, 0.4) is 0 Å². The minimum Gasteiger partial charge on any atom is -0.308 e. The lowest BCUT2D eigenvalue weighted by atomic mass is 10.0. The van der Waals surface area contributed by atoms with Crippen LogP contribution < -0.4 is 5.32 Å². The lowest BCUT2D eigenvalue weighted by Gasteiger charge is -2.20. The van der Waals surface area contributed by atoms with E-state index in [1.54, 1.807) is 0 Å². The van der Waals surface area contributed by atoms with Gasteiger partial charge in [-0.3, -0.25) is 0 Å². The summed E-state index contributed by atoms with van der Waals surface area (Å²) in [4.78, 5) is 0. The number of aryl methyl sites for hydroxylation is 2. The van der Waals surface area contributed by atoms with Gasteiger partial charge in [-0.25, -0.2) is 0 Å². The minimum atomic E-state index is 0.370. The highest BCUT2D eigenvalue weighted by atomic mass is 79.9. The molecule has 0 aliphatic heterocycles. The number of halogens is 1. The Kier molecular flexibility index (Phi) is 6.01. The van der Waals surface area contributed by atoms with Crippen LogP contribution in [0, 0.1) is 6.92 Å². The first-order chi connectivity index (χ1) is 10.0. The van der Waals surface area contributed by atoms with E-state index >= 15 is 0 Å². The molecule has 2 atom stereocenters. The van der Waals surface area contributed by atoms with Gasteiger partial charge in [0.25, 0.3) is 0 Å². The number of hydrogen-bond donors (Lipinski definition) is 1. The molecule has 1 nitrogen and oxygen atoms in total. The summed E-state index contributed by atoms with van der Waals surface area (Å²) in [7, 11) is 0. The second-order valence-corrected chi connectivity index (χ2v) is 6.79. The van der Waals surface area contributed by atoms with Crippen molar-refractivity contribution in [2.75, 3.05) is 0 Å². The standard InChI is InChI=1S/C19H24BrN/c1-14-6-4-7-17(12-14)11-10-15(2)21-16(3)18-8-5-9-19(20)13-18/h4-9,12-13,15-16,21H,10-11H2,1-3H3/t15?,16-/m0/s1. The molecule has 0 aliphatic rings. The molecule has 2 aromatic carbocycles. The van der Waals surface area contributed by atoms with Gasteiger partial charge in [0.2, 0.25) is 0 Å². The molecule has 2 heteroatoms. The van der Waals surface area contributed by atoms with Crippen LogP contribution in [0.4, 0.5) is 0 Å². The second-order valence-electron chi connectivity index (χ2n) is 5.87. The quantitative estimate of drug-likeness (QED) is 0.735. The molecule has 112 valence electrons. The Morgan fingerprint density at radius 3 is 2.52 bits per heavy atom. The normalized spacial score (nSPS) is 13.9. The molecule has 21 heavy (non-hydrogen) atoms. The third-order valence-corrected chi connectivity index (χ3v) is 4.32. The lowest BCUT2D eigenvalue weighted by molar-refractivity contribution is 0.456. The third kappa shape index (κ3) is 5.29. The molecular formula is C19H24BrN. The van der Waals surface area contributed by atoms with E-state index in [0.29, 0.717) is 12.1 Å². The van der Waals surface area contributed by atoms with E-state index < -0.39 is 0 Å². The number of benzene rings is 2. The first-order valence-corrected chi connectivity index (χ1v) is 8.41. The molecule has 0 bridgehead atoms. The molecule has 0 aliphatic carbocycles. The predicted octanol–water partition coefficient (Wildman–Crippen LogP) is 5.43. The second kappa shape index (κ2) is 7.77. The van der Waals surface area contributed by atoms with Crippen molar-refractivity contribution in [3.8, 4) is 0 Å². The van der Waals surface area contributed by atoms with Crippen molar-refractivity contribution in [1.82, 2.24) is 5.32 Å². The van der Waals surface area contributed by atoms with Crippen LogP contribution >= 0.6 is 15.9 Å². The fourth-order valence-electron chi connectivity index (χ4n) is 2.63. The van der Waals surface area contributed by atoms with Gasteiger partial charge in [0, 0.05) is 16.6 Å². The lowest BCUT2D eigenvalue weighted by Crippen LogP contribution is -2.29. The van der Waals surface area contributed by atoms with Gasteiger partial charge in [-0.1, -0.05) is 57.9 Å². The summed E-state index contributed by atoms with van der Waals surface area (Å²) < 4.78 is 1.14. The average molecular weight is 346 g/mol. The smallest absolute Gasteiger partial charge is 0.0294 e. The van der Waals surface area contributed by atoms with Gasteiger partial charge in [-0.2, -0.15) is 0 Å².